The summed E-state index contributed by atoms with van der Waals surface area (Å²) in [5.41, 5.74) is 1.66. The number of para-hydroxylation sites is 1. The van der Waals surface area contributed by atoms with Crippen molar-refractivity contribution in [3.63, 3.8) is 0 Å². The van der Waals surface area contributed by atoms with Gasteiger partial charge in [0.15, 0.2) is 15.6 Å². The van der Waals surface area contributed by atoms with E-state index in [9.17, 15) is 13.2 Å². The van der Waals surface area contributed by atoms with Crippen LogP contribution in [0.5, 0.6) is 5.88 Å². The number of benzene rings is 1. The zero-order valence-corrected chi connectivity index (χ0v) is 16.9. The Morgan fingerprint density at radius 2 is 2.03 bits per heavy atom. The number of rotatable bonds is 8. The fraction of sp³-hybridized carbons (Fsp3) is 0.333. The van der Waals surface area contributed by atoms with Gasteiger partial charge in [-0.2, -0.15) is 0 Å². The highest BCUT2D eigenvalue weighted by atomic mass is 32.2. The quantitative estimate of drug-likeness (QED) is 0.608. The Labute approximate surface area is 169 Å². The largest absolute Gasteiger partial charge is 0.477 e. The van der Waals surface area contributed by atoms with Gasteiger partial charge in [0.25, 0.3) is 5.91 Å². The minimum atomic E-state index is -3.34. The second kappa shape index (κ2) is 7.87. The number of carbonyl (C=O) groups excluding carboxylic acids is 1. The molecule has 1 aromatic carbocycles. The van der Waals surface area contributed by atoms with Crippen molar-refractivity contribution in [3.8, 4) is 5.88 Å². The van der Waals surface area contributed by atoms with E-state index >= 15 is 0 Å². The first kappa shape index (κ1) is 19.4. The first-order valence-corrected chi connectivity index (χ1v) is 11.5. The van der Waals surface area contributed by atoms with E-state index in [-0.39, 0.29) is 18.1 Å². The SMILES string of the molecule is CS(=O)(=O)Cc1c(C(=O)NCc2ccc(OCC3CC3)nc2)oc2ccccc12. The second-order valence-corrected chi connectivity index (χ2v) is 9.56. The van der Waals surface area contributed by atoms with Crippen LogP contribution in [0.25, 0.3) is 11.0 Å². The van der Waals surface area contributed by atoms with Crippen molar-refractivity contribution in [2.24, 2.45) is 5.92 Å². The molecule has 0 bridgehead atoms. The van der Waals surface area contributed by atoms with Gasteiger partial charge < -0.3 is 14.5 Å². The van der Waals surface area contributed by atoms with Gasteiger partial charge in [-0.15, -0.1) is 0 Å². The third-order valence-electron chi connectivity index (χ3n) is 4.73. The van der Waals surface area contributed by atoms with Gasteiger partial charge in [0, 0.05) is 36.0 Å². The fourth-order valence-electron chi connectivity index (χ4n) is 3.04. The Balaban J connectivity index is 1.46. The second-order valence-electron chi connectivity index (χ2n) is 7.42. The van der Waals surface area contributed by atoms with Gasteiger partial charge in [0.1, 0.15) is 5.58 Å². The maximum absolute atomic E-state index is 12.7. The number of amides is 1. The fourth-order valence-corrected chi connectivity index (χ4v) is 3.85. The molecule has 3 aromatic rings. The standard InChI is InChI=1S/C21H22N2O5S/c1-29(25,26)13-17-16-4-2-3-5-18(16)28-20(17)21(24)23-11-15-8-9-19(22-10-15)27-12-14-6-7-14/h2-5,8-10,14H,6-7,11-13H2,1H3,(H,23,24). The predicted molar refractivity (Wildman–Crippen MR) is 108 cm³/mol. The first-order valence-electron chi connectivity index (χ1n) is 9.43. The van der Waals surface area contributed by atoms with Crippen molar-refractivity contribution >= 4 is 26.7 Å². The first-order chi connectivity index (χ1) is 13.9. The molecule has 8 heteroatoms. The van der Waals surface area contributed by atoms with Gasteiger partial charge in [0.2, 0.25) is 5.88 Å². The Bertz CT molecular complexity index is 1130. The highest BCUT2D eigenvalue weighted by Crippen LogP contribution is 2.29. The van der Waals surface area contributed by atoms with Gasteiger partial charge in [-0.05, 0) is 30.4 Å². The van der Waals surface area contributed by atoms with Gasteiger partial charge in [-0.3, -0.25) is 4.79 Å². The molecule has 0 atom stereocenters. The van der Waals surface area contributed by atoms with E-state index in [0.29, 0.717) is 34.9 Å². The number of carbonyl (C=O) groups is 1. The van der Waals surface area contributed by atoms with Crippen molar-refractivity contribution < 1.29 is 22.4 Å². The maximum atomic E-state index is 12.7. The third kappa shape index (κ3) is 4.95. The zero-order chi connectivity index (χ0) is 20.4. The highest BCUT2D eigenvalue weighted by molar-refractivity contribution is 7.89. The van der Waals surface area contributed by atoms with E-state index in [1.54, 1.807) is 36.5 Å². The van der Waals surface area contributed by atoms with E-state index < -0.39 is 15.7 Å². The summed E-state index contributed by atoms with van der Waals surface area (Å²) in [6.07, 6.45) is 5.22. The molecule has 2 heterocycles. The number of hydrogen-bond acceptors (Lipinski definition) is 6. The molecule has 0 spiro atoms. The number of pyridine rings is 1. The summed E-state index contributed by atoms with van der Waals surface area (Å²) >= 11 is 0. The van der Waals surface area contributed by atoms with Crippen LogP contribution in [0.15, 0.2) is 47.0 Å². The molecule has 2 aromatic heterocycles. The molecule has 1 fully saturated rings. The lowest BCUT2D eigenvalue weighted by Gasteiger charge is -2.07. The lowest BCUT2D eigenvalue weighted by atomic mass is 10.1. The number of ether oxygens (including phenoxy) is 1. The van der Waals surface area contributed by atoms with Crippen molar-refractivity contribution in [3.05, 3.63) is 59.5 Å². The minimum absolute atomic E-state index is 0.0222. The molecule has 0 aliphatic heterocycles. The van der Waals surface area contributed by atoms with Crippen LogP contribution in [-0.2, 0) is 22.1 Å². The lowest BCUT2D eigenvalue weighted by molar-refractivity contribution is 0.0924. The number of nitrogens with one attached hydrogen (secondary N) is 1. The minimum Gasteiger partial charge on any atom is -0.477 e. The van der Waals surface area contributed by atoms with Crippen molar-refractivity contribution in [1.29, 1.82) is 0 Å². The topological polar surface area (TPSA) is 98.5 Å². The molecule has 1 aliphatic rings. The van der Waals surface area contributed by atoms with E-state index in [2.05, 4.69) is 10.3 Å². The van der Waals surface area contributed by atoms with Crippen LogP contribution in [0.4, 0.5) is 0 Å². The molecule has 1 amide bonds. The lowest BCUT2D eigenvalue weighted by Crippen LogP contribution is -2.23. The molecule has 29 heavy (non-hydrogen) atoms. The molecule has 7 nitrogen and oxygen atoms in total. The third-order valence-corrected chi connectivity index (χ3v) is 5.54. The van der Waals surface area contributed by atoms with Crippen molar-refractivity contribution in [1.82, 2.24) is 10.3 Å². The van der Waals surface area contributed by atoms with Crippen molar-refractivity contribution in [2.75, 3.05) is 12.9 Å². The Kier molecular flexibility index (Phi) is 5.27. The van der Waals surface area contributed by atoms with Crippen LogP contribution < -0.4 is 10.1 Å². The van der Waals surface area contributed by atoms with Gasteiger partial charge >= 0.3 is 0 Å². The number of furan rings is 1. The molecule has 152 valence electrons. The Morgan fingerprint density at radius 3 is 2.72 bits per heavy atom. The average Bonchev–Trinajstić information content (AvgIpc) is 3.46. The van der Waals surface area contributed by atoms with Crippen LogP contribution in [0.3, 0.4) is 0 Å². The number of nitrogens with zero attached hydrogens (tertiary/aromatic N) is 1. The number of aromatic nitrogens is 1. The normalized spacial score (nSPS) is 14.1. The summed E-state index contributed by atoms with van der Waals surface area (Å²) in [4.78, 5) is 17.0. The summed E-state index contributed by atoms with van der Waals surface area (Å²) in [7, 11) is -3.34. The molecular weight excluding hydrogens is 392 g/mol. The summed E-state index contributed by atoms with van der Waals surface area (Å²) in [5, 5.41) is 3.40. The van der Waals surface area contributed by atoms with Crippen LogP contribution in [0, 0.1) is 5.92 Å². The zero-order valence-electron chi connectivity index (χ0n) is 16.1. The van der Waals surface area contributed by atoms with E-state index in [0.717, 1.165) is 11.8 Å². The van der Waals surface area contributed by atoms with Gasteiger partial charge in [0.05, 0.1) is 12.4 Å². The Morgan fingerprint density at radius 1 is 1.24 bits per heavy atom. The molecule has 0 unspecified atom stereocenters. The maximum Gasteiger partial charge on any atom is 0.287 e. The summed E-state index contributed by atoms with van der Waals surface area (Å²) < 4.78 is 34.9. The highest BCUT2D eigenvalue weighted by Gasteiger charge is 2.23. The van der Waals surface area contributed by atoms with Crippen LogP contribution in [0.2, 0.25) is 0 Å². The predicted octanol–water partition coefficient (Wildman–Crippen LogP) is 3.09. The Hall–Kier alpha value is -2.87. The summed E-state index contributed by atoms with van der Waals surface area (Å²) in [5.74, 6) is 0.518. The van der Waals surface area contributed by atoms with Crippen LogP contribution >= 0.6 is 0 Å². The van der Waals surface area contributed by atoms with Crippen molar-refractivity contribution in [2.45, 2.75) is 25.1 Å². The molecule has 1 N–H and O–H groups in total. The number of fused-ring (bicyclic) bond motifs is 1. The number of sulfone groups is 1. The number of hydrogen-bond donors (Lipinski definition) is 1. The molecule has 4 rings (SSSR count). The summed E-state index contributed by atoms with van der Waals surface area (Å²) in [6.45, 7) is 0.933. The monoisotopic (exact) mass is 414 g/mol. The van der Waals surface area contributed by atoms with E-state index in [1.807, 2.05) is 6.07 Å². The summed E-state index contributed by atoms with van der Waals surface area (Å²) in [6, 6.07) is 10.6. The molecule has 0 radical (unpaired) electrons. The van der Waals surface area contributed by atoms with Crippen LogP contribution in [-0.4, -0.2) is 32.2 Å². The molecular formula is C21H22N2O5S. The van der Waals surface area contributed by atoms with Crippen LogP contribution in [0.1, 0.15) is 34.5 Å². The molecule has 1 saturated carbocycles. The molecule has 1 aliphatic carbocycles. The van der Waals surface area contributed by atoms with Gasteiger partial charge in [-0.25, -0.2) is 13.4 Å². The van der Waals surface area contributed by atoms with Gasteiger partial charge in [-0.1, -0.05) is 24.3 Å². The van der Waals surface area contributed by atoms with E-state index in [4.69, 9.17) is 9.15 Å². The molecule has 0 saturated heterocycles. The van der Waals surface area contributed by atoms with E-state index in [1.165, 1.54) is 12.8 Å². The average molecular weight is 414 g/mol. The smallest absolute Gasteiger partial charge is 0.287 e.